The lowest BCUT2D eigenvalue weighted by molar-refractivity contribution is -0.384. The van der Waals surface area contributed by atoms with Gasteiger partial charge in [0, 0.05) is 29.3 Å². The Morgan fingerprint density at radius 2 is 1.94 bits per heavy atom. The molecule has 9 nitrogen and oxygen atoms in total. The number of hydrogen-bond acceptors (Lipinski definition) is 8. The molecule has 0 unspecified atom stereocenters. The van der Waals surface area contributed by atoms with E-state index in [1.54, 1.807) is 34.9 Å². The van der Waals surface area contributed by atoms with Gasteiger partial charge in [0.05, 0.1) is 21.6 Å². The van der Waals surface area contributed by atoms with Crippen molar-refractivity contribution in [2.75, 3.05) is 0 Å². The number of nitrogens with zero attached hydrogens (tertiary/aromatic N) is 5. The van der Waals surface area contributed by atoms with Crippen molar-refractivity contribution in [3.8, 4) is 11.5 Å². The van der Waals surface area contributed by atoms with Gasteiger partial charge in [-0.1, -0.05) is 43.1 Å². The van der Waals surface area contributed by atoms with Crippen molar-refractivity contribution in [3.05, 3.63) is 73.8 Å². The second-order valence-electron chi connectivity index (χ2n) is 7.31. The standard InChI is InChI=1S/C22H20ClN5O4S/c1-2-3-4-11-27-21(29)17-10-7-15(23)12-18(17)24-22(27)33-13-19-25-26-20(32-19)14-5-8-16(9-6-14)28(30)31/h5-10,12H,2-4,11,13H2,1H3. The molecule has 2 aromatic heterocycles. The van der Waals surface area contributed by atoms with E-state index >= 15 is 0 Å². The summed E-state index contributed by atoms with van der Waals surface area (Å²) in [5.41, 5.74) is 1.00. The number of non-ortho nitro benzene ring substituents is 1. The van der Waals surface area contributed by atoms with Gasteiger partial charge in [0.1, 0.15) is 0 Å². The zero-order valence-electron chi connectivity index (χ0n) is 17.7. The molecule has 0 aliphatic rings. The Morgan fingerprint density at radius 1 is 1.15 bits per heavy atom. The fourth-order valence-electron chi connectivity index (χ4n) is 3.28. The molecule has 0 saturated heterocycles. The number of thioether (sulfide) groups is 1. The number of nitro benzene ring substituents is 1. The number of nitro groups is 1. The van der Waals surface area contributed by atoms with Crippen LogP contribution in [0.15, 0.2) is 56.8 Å². The van der Waals surface area contributed by atoms with Gasteiger partial charge >= 0.3 is 0 Å². The van der Waals surface area contributed by atoms with E-state index < -0.39 is 4.92 Å². The van der Waals surface area contributed by atoms with Gasteiger partial charge in [-0.3, -0.25) is 19.5 Å². The third-order valence-electron chi connectivity index (χ3n) is 4.98. The van der Waals surface area contributed by atoms with Crippen LogP contribution in [0.1, 0.15) is 32.1 Å². The van der Waals surface area contributed by atoms with Crippen molar-refractivity contribution in [3.63, 3.8) is 0 Å². The molecule has 0 spiro atoms. The Labute approximate surface area is 198 Å². The van der Waals surface area contributed by atoms with Crippen LogP contribution in [0.2, 0.25) is 5.02 Å². The minimum Gasteiger partial charge on any atom is -0.420 e. The molecule has 0 amide bonds. The molecule has 0 atom stereocenters. The quantitative estimate of drug-likeness (QED) is 0.100. The Kier molecular flexibility index (Phi) is 7.05. The van der Waals surface area contributed by atoms with Crippen molar-refractivity contribution in [2.45, 2.75) is 43.6 Å². The van der Waals surface area contributed by atoms with Crippen molar-refractivity contribution in [2.24, 2.45) is 0 Å². The van der Waals surface area contributed by atoms with E-state index in [1.165, 1.54) is 23.9 Å². The molecule has 170 valence electrons. The van der Waals surface area contributed by atoms with Crippen molar-refractivity contribution >= 4 is 40.0 Å². The van der Waals surface area contributed by atoms with E-state index in [-0.39, 0.29) is 17.1 Å². The highest BCUT2D eigenvalue weighted by molar-refractivity contribution is 7.98. The van der Waals surface area contributed by atoms with Crippen molar-refractivity contribution in [1.29, 1.82) is 0 Å². The molecular weight excluding hydrogens is 466 g/mol. The SMILES string of the molecule is CCCCCn1c(SCc2nnc(-c3ccc([N+](=O)[O-])cc3)o2)nc2cc(Cl)ccc2c1=O. The first kappa shape index (κ1) is 22.9. The van der Waals surface area contributed by atoms with Gasteiger partial charge in [-0.25, -0.2) is 4.98 Å². The Morgan fingerprint density at radius 3 is 2.67 bits per heavy atom. The number of halogens is 1. The lowest BCUT2D eigenvalue weighted by Crippen LogP contribution is -2.23. The average Bonchev–Trinajstić information content (AvgIpc) is 3.28. The summed E-state index contributed by atoms with van der Waals surface area (Å²) in [6.45, 7) is 2.68. The highest BCUT2D eigenvalue weighted by Crippen LogP contribution is 2.26. The summed E-state index contributed by atoms with van der Waals surface area (Å²) in [6.07, 6.45) is 2.92. The summed E-state index contributed by atoms with van der Waals surface area (Å²) >= 11 is 7.43. The number of benzene rings is 2. The number of rotatable bonds is 9. The summed E-state index contributed by atoms with van der Waals surface area (Å²) in [5.74, 6) is 0.930. The van der Waals surface area contributed by atoms with E-state index in [2.05, 4.69) is 22.1 Å². The summed E-state index contributed by atoms with van der Waals surface area (Å²) in [7, 11) is 0. The minimum absolute atomic E-state index is 0.0161. The first-order valence-corrected chi connectivity index (χ1v) is 11.7. The van der Waals surface area contributed by atoms with Crippen LogP contribution in [0.25, 0.3) is 22.4 Å². The molecule has 33 heavy (non-hydrogen) atoms. The summed E-state index contributed by atoms with van der Waals surface area (Å²) in [4.78, 5) is 28.1. The molecule has 4 rings (SSSR count). The largest absolute Gasteiger partial charge is 0.420 e. The molecule has 0 bridgehead atoms. The van der Waals surface area contributed by atoms with Gasteiger partial charge in [0.15, 0.2) is 5.16 Å². The smallest absolute Gasteiger partial charge is 0.269 e. The number of aromatic nitrogens is 4. The maximum absolute atomic E-state index is 13.1. The third-order valence-corrected chi connectivity index (χ3v) is 6.18. The fraction of sp³-hybridized carbons (Fsp3) is 0.273. The topological polar surface area (TPSA) is 117 Å². The van der Waals surface area contributed by atoms with Crippen LogP contribution in [0, 0.1) is 10.1 Å². The predicted molar refractivity (Wildman–Crippen MR) is 126 cm³/mol. The Balaban J connectivity index is 1.57. The van der Waals surface area contributed by atoms with E-state index in [9.17, 15) is 14.9 Å². The molecular formula is C22H20ClN5O4S. The lowest BCUT2D eigenvalue weighted by atomic mass is 10.2. The maximum atomic E-state index is 13.1. The van der Waals surface area contributed by atoms with Gasteiger partial charge in [-0.2, -0.15) is 0 Å². The van der Waals surface area contributed by atoms with Gasteiger partial charge in [0.2, 0.25) is 11.8 Å². The van der Waals surface area contributed by atoms with Gasteiger partial charge in [-0.05, 0) is 36.8 Å². The van der Waals surface area contributed by atoms with E-state index in [0.717, 1.165) is 19.3 Å². The molecule has 0 saturated carbocycles. The first-order valence-electron chi connectivity index (χ1n) is 10.4. The normalized spacial score (nSPS) is 11.2. The number of hydrogen-bond donors (Lipinski definition) is 0. The van der Waals surface area contributed by atoms with E-state index in [0.29, 0.717) is 44.8 Å². The van der Waals surface area contributed by atoms with Crippen molar-refractivity contribution in [1.82, 2.24) is 19.7 Å². The second kappa shape index (κ2) is 10.1. The average molecular weight is 486 g/mol. The monoisotopic (exact) mass is 485 g/mol. The molecule has 0 N–H and O–H groups in total. The Bertz CT molecular complexity index is 1350. The van der Waals surface area contributed by atoms with Gasteiger partial charge < -0.3 is 4.42 Å². The first-order chi connectivity index (χ1) is 16.0. The number of fused-ring (bicyclic) bond motifs is 1. The highest BCUT2D eigenvalue weighted by atomic mass is 35.5. The molecule has 0 fully saturated rings. The van der Waals surface area contributed by atoms with Gasteiger partial charge in [-0.15, -0.1) is 10.2 Å². The molecule has 0 aliphatic carbocycles. The van der Waals surface area contributed by atoms with Crippen LogP contribution >= 0.6 is 23.4 Å². The lowest BCUT2D eigenvalue weighted by Gasteiger charge is -2.12. The second-order valence-corrected chi connectivity index (χ2v) is 8.69. The van der Waals surface area contributed by atoms with E-state index in [4.69, 9.17) is 16.0 Å². The zero-order valence-corrected chi connectivity index (χ0v) is 19.3. The van der Waals surface area contributed by atoms with E-state index in [1.807, 2.05) is 0 Å². The minimum atomic E-state index is -0.469. The zero-order chi connectivity index (χ0) is 23.4. The highest BCUT2D eigenvalue weighted by Gasteiger charge is 2.15. The van der Waals surface area contributed by atoms with Crippen LogP contribution in [0.5, 0.6) is 0 Å². The van der Waals surface area contributed by atoms with Crippen LogP contribution in [0.3, 0.4) is 0 Å². The molecule has 0 aliphatic heterocycles. The maximum Gasteiger partial charge on any atom is 0.269 e. The molecule has 0 radical (unpaired) electrons. The summed E-state index contributed by atoms with van der Waals surface area (Å²) < 4.78 is 7.40. The molecule has 2 heterocycles. The van der Waals surface area contributed by atoms with Crippen LogP contribution in [0.4, 0.5) is 5.69 Å². The summed E-state index contributed by atoms with van der Waals surface area (Å²) in [5, 5.41) is 20.5. The Hall–Kier alpha value is -3.24. The van der Waals surface area contributed by atoms with Gasteiger partial charge in [0.25, 0.3) is 11.2 Å². The third kappa shape index (κ3) is 5.23. The molecule has 11 heteroatoms. The summed E-state index contributed by atoms with van der Waals surface area (Å²) in [6, 6.07) is 10.9. The van der Waals surface area contributed by atoms with Crippen molar-refractivity contribution < 1.29 is 9.34 Å². The fourth-order valence-corrected chi connectivity index (χ4v) is 4.31. The molecule has 2 aromatic carbocycles. The van der Waals surface area contributed by atoms with Crippen LogP contribution in [-0.4, -0.2) is 24.7 Å². The molecule has 4 aromatic rings. The predicted octanol–water partition coefficient (Wildman–Crippen LogP) is 5.49. The number of unbranched alkanes of at least 4 members (excludes halogenated alkanes) is 2. The van der Waals surface area contributed by atoms with Crippen LogP contribution < -0.4 is 5.56 Å². The van der Waals surface area contributed by atoms with Crippen LogP contribution in [-0.2, 0) is 12.3 Å².